The fraction of sp³-hybridized carbons (Fsp3) is 0.640. The van der Waals surface area contributed by atoms with Crippen LogP contribution in [0.25, 0.3) is 11.0 Å². The van der Waals surface area contributed by atoms with Gasteiger partial charge in [0.05, 0.1) is 23.7 Å². The number of benzene rings is 1. The molecule has 7 nitrogen and oxygen atoms in total. The Morgan fingerprint density at radius 1 is 1.28 bits per heavy atom. The molecule has 0 spiro atoms. The van der Waals surface area contributed by atoms with Crippen molar-refractivity contribution in [2.45, 2.75) is 84.0 Å². The summed E-state index contributed by atoms with van der Waals surface area (Å²) in [6.45, 7) is 9.50. The maximum absolute atomic E-state index is 13.7. The summed E-state index contributed by atoms with van der Waals surface area (Å²) < 4.78 is 7.61. The molecule has 2 heterocycles. The van der Waals surface area contributed by atoms with E-state index in [1.165, 1.54) is 6.42 Å². The predicted molar refractivity (Wildman–Crippen MR) is 124 cm³/mol. The van der Waals surface area contributed by atoms with Crippen LogP contribution in [-0.2, 0) is 16.1 Å². The van der Waals surface area contributed by atoms with E-state index >= 15 is 0 Å². The third-order valence-electron chi connectivity index (χ3n) is 7.05. The lowest BCUT2D eigenvalue weighted by atomic mass is 9.85. The molecule has 174 valence electrons. The first-order valence-corrected chi connectivity index (χ1v) is 12.0. The first-order valence-electron chi connectivity index (χ1n) is 12.0. The van der Waals surface area contributed by atoms with Crippen LogP contribution in [0.3, 0.4) is 0 Å². The Kier molecular flexibility index (Phi) is 6.56. The summed E-state index contributed by atoms with van der Waals surface area (Å²) in [5.41, 5.74) is 0.691. The first-order chi connectivity index (χ1) is 15.3. The van der Waals surface area contributed by atoms with E-state index in [0.29, 0.717) is 37.9 Å². The van der Waals surface area contributed by atoms with Gasteiger partial charge in [0, 0.05) is 19.2 Å². The minimum absolute atomic E-state index is 0.0715. The fourth-order valence-corrected chi connectivity index (χ4v) is 5.08. The van der Waals surface area contributed by atoms with Gasteiger partial charge in [0.1, 0.15) is 5.54 Å². The van der Waals surface area contributed by atoms with Gasteiger partial charge in [-0.3, -0.25) is 9.59 Å². The topological polar surface area (TPSA) is 76.5 Å². The Balaban J connectivity index is 1.64. The lowest BCUT2D eigenvalue weighted by Crippen LogP contribution is -2.65. The summed E-state index contributed by atoms with van der Waals surface area (Å²) in [4.78, 5) is 33.7. The van der Waals surface area contributed by atoms with Crippen molar-refractivity contribution in [3.05, 3.63) is 30.1 Å². The van der Waals surface area contributed by atoms with Gasteiger partial charge in [-0.05, 0) is 58.1 Å². The average Bonchev–Trinajstić information content (AvgIpc) is 3.13. The molecule has 0 bridgehead atoms. The number of hydrogen-bond donors (Lipinski definition) is 1. The maximum atomic E-state index is 13.7. The highest BCUT2D eigenvalue weighted by molar-refractivity contribution is 6.01. The van der Waals surface area contributed by atoms with Gasteiger partial charge in [0.15, 0.2) is 5.82 Å². The van der Waals surface area contributed by atoms with Gasteiger partial charge < -0.3 is 19.5 Å². The van der Waals surface area contributed by atoms with Gasteiger partial charge in [-0.2, -0.15) is 0 Å². The molecule has 3 atom stereocenters. The van der Waals surface area contributed by atoms with E-state index in [-0.39, 0.29) is 24.0 Å². The summed E-state index contributed by atoms with van der Waals surface area (Å²) in [6.07, 6.45) is 5.30. The molecule has 2 aromatic rings. The molecule has 1 saturated carbocycles. The van der Waals surface area contributed by atoms with E-state index in [4.69, 9.17) is 4.74 Å². The molecular formula is C25H36N4O3. The van der Waals surface area contributed by atoms with Crippen molar-refractivity contribution in [1.82, 2.24) is 19.8 Å². The van der Waals surface area contributed by atoms with Crippen LogP contribution in [0.15, 0.2) is 24.3 Å². The minimum Gasteiger partial charge on any atom is -0.379 e. The van der Waals surface area contributed by atoms with Crippen LogP contribution in [0, 0.1) is 5.92 Å². The van der Waals surface area contributed by atoms with E-state index in [1.54, 1.807) is 4.90 Å². The molecule has 2 amide bonds. The zero-order valence-electron chi connectivity index (χ0n) is 19.8. The van der Waals surface area contributed by atoms with E-state index in [1.807, 2.05) is 49.6 Å². The maximum Gasteiger partial charge on any atom is 0.290 e. The van der Waals surface area contributed by atoms with Crippen molar-refractivity contribution in [2.24, 2.45) is 5.92 Å². The molecule has 2 aliphatic rings. The second-order valence-electron chi connectivity index (χ2n) is 9.86. The molecule has 0 radical (unpaired) electrons. The summed E-state index contributed by atoms with van der Waals surface area (Å²) in [5.74, 6) is 0.601. The Morgan fingerprint density at radius 3 is 2.78 bits per heavy atom. The number of fused-ring (bicyclic) bond motifs is 3. The number of aromatic nitrogens is 2. The van der Waals surface area contributed by atoms with Crippen LogP contribution in [0.5, 0.6) is 0 Å². The Bertz CT molecular complexity index is 985. The number of rotatable bonds is 7. The van der Waals surface area contributed by atoms with Crippen LogP contribution < -0.4 is 5.32 Å². The molecule has 1 aliphatic heterocycles. The van der Waals surface area contributed by atoms with E-state index in [9.17, 15) is 9.59 Å². The smallest absolute Gasteiger partial charge is 0.290 e. The number of carbonyl (C=O) groups excluding carboxylic acids is 2. The van der Waals surface area contributed by atoms with E-state index in [2.05, 4.69) is 17.2 Å². The summed E-state index contributed by atoms with van der Waals surface area (Å²) in [5, 5.41) is 3.31. The third-order valence-corrected chi connectivity index (χ3v) is 7.05. The molecule has 0 saturated heterocycles. The van der Waals surface area contributed by atoms with Crippen molar-refractivity contribution < 1.29 is 14.3 Å². The highest BCUT2D eigenvalue weighted by Gasteiger charge is 2.48. The Morgan fingerprint density at radius 2 is 2.03 bits per heavy atom. The van der Waals surface area contributed by atoms with Gasteiger partial charge in [0.2, 0.25) is 5.91 Å². The van der Waals surface area contributed by atoms with Crippen molar-refractivity contribution in [2.75, 3.05) is 13.2 Å². The van der Waals surface area contributed by atoms with Crippen molar-refractivity contribution >= 4 is 22.8 Å². The Hall–Kier alpha value is -2.41. The molecule has 7 heteroatoms. The number of amides is 2. The summed E-state index contributed by atoms with van der Waals surface area (Å²) >= 11 is 0. The molecule has 32 heavy (non-hydrogen) atoms. The normalized spacial score (nSPS) is 25.9. The van der Waals surface area contributed by atoms with Crippen LogP contribution in [-0.4, -0.2) is 57.1 Å². The van der Waals surface area contributed by atoms with E-state index in [0.717, 1.165) is 30.3 Å². The Labute approximate surface area is 190 Å². The standard InChI is InChI=1S/C25H36N4O3/c1-17(2)32-15-9-14-29-23(30)22-26-20-12-7-8-13-21(20)28(22)16-25(29,4)24(31)27-19-11-6-5-10-18(19)3/h7-8,12-13,17-19H,5-6,9-11,14-16H2,1-4H3,(H,27,31)/t18-,19-,25+/m0/s1. The third kappa shape index (κ3) is 4.27. The van der Waals surface area contributed by atoms with Crippen LogP contribution in [0.2, 0.25) is 0 Å². The van der Waals surface area contributed by atoms with Gasteiger partial charge in [-0.25, -0.2) is 4.98 Å². The van der Waals surface area contributed by atoms with Crippen LogP contribution in [0.4, 0.5) is 0 Å². The lowest BCUT2D eigenvalue weighted by Gasteiger charge is -2.44. The van der Waals surface area contributed by atoms with Gasteiger partial charge in [-0.1, -0.05) is 31.9 Å². The number of carbonyl (C=O) groups is 2. The van der Waals surface area contributed by atoms with Crippen molar-refractivity contribution in [1.29, 1.82) is 0 Å². The van der Waals surface area contributed by atoms with Crippen molar-refractivity contribution in [3.8, 4) is 0 Å². The molecular weight excluding hydrogens is 404 g/mol. The van der Waals surface area contributed by atoms with E-state index < -0.39 is 5.54 Å². The number of imidazole rings is 1. The molecule has 1 fully saturated rings. The molecule has 1 aromatic carbocycles. The van der Waals surface area contributed by atoms with Gasteiger partial charge in [-0.15, -0.1) is 0 Å². The second kappa shape index (κ2) is 9.22. The summed E-state index contributed by atoms with van der Waals surface area (Å²) in [7, 11) is 0. The number of nitrogens with zero attached hydrogens (tertiary/aromatic N) is 3. The highest BCUT2D eigenvalue weighted by Crippen LogP contribution is 2.32. The zero-order valence-corrected chi connectivity index (χ0v) is 19.8. The molecule has 1 aliphatic carbocycles. The number of para-hydroxylation sites is 2. The quantitative estimate of drug-likeness (QED) is 0.665. The van der Waals surface area contributed by atoms with Crippen LogP contribution in [0.1, 0.15) is 70.4 Å². The van der Waals surface area contributed by atoms with Crippen LogP contribution >= 0.6 is 0 Å². The SMILES string of the molecule is CC(C)OCCCN1C(=O)c2nc3ccccc3n2C[C@]1(C)C(=O)N[C@H]1CCCC[C@@H]1C. The summed E-state index contributed by atoms with van der Waals surface area (Å²) in [6, 6.07) is 7.90. The predicted octanol–water partition coefficient (Wildman–Crippen LogP) is 3.76. The molecule has 1 N–H and O–H groups in total. The monoisotopic (exact) mass is 440 g/mol. The van der Waals surface area contributed by atoms with Gasteiger partial charge in [0.25, 0.3) is 5.91 Å². The first kappa shape index (κ1) is 22.8. The largest absolute Gasteiger partial charge is 0.379 e. The molecule has 1 aromatic heterocycles. The molecule has 0 unspecified atom stereocenters. The number of nitrogens with one attached hydrogen (secondary N) is 1. The zero-order chi connectivity index (χ0) is 22.9. The van der Waals surface area contributed by atoms with Gasteiger partial charge >= 0.3 is 0 Å². The number of hydrogen-bond acceptors (Lipinski definition) is 4. The molecule has 4 rings (SSSR count). The number of ether oxygens (including phenoxy) is 1. The van der Waals surface area contributed by atoms with Crippen molar-refractivity contribution in [3.63, 3.8) is 0 Å². The lowest BCUT2D eigenvalue weighted by molar-refractivity contribution is -0.134. The second-order valence-corrected chi connectivity index (χ2v) is 9.86. The minimum atomic E-state index is -0.984. The highest BCUT2D eigenvalue weighted by atomic mass is 16.5. The average molecular weight is 441 g/mol. The fourth-order valence-electron chi connectivity index (χ4n) is 5.08.